The van der Waals surface area contributed by atoms with Crippen molar-refractivity contribution in [3.05, 3.63) is 21.1 Å². The summed E-state index contributed by atoms with van der Waals surface area (Å²) in [4.78, 5) is 0.0286. The average Bonchev–Trinajstić information content (AvgIpc) is 2.07. The summed E-state index contributed by atoms with van der Waals surface area (Å²) in [5.41, 5.74) is 0. The van der Waals surface area contributed by atoms with Crippen LogP contribution in [-0.4, -0.2) is 16.7 Å². The van der Waals surface area contributed by atoms with E-state index >= 15 is 0 Å². The molecule has 0 fully saturated rings. The Balaban J connectivity index is 3.30. The molecule has 0 aliphatic heterocycles. The van der Waals surface area contributed by atoms with Gasteiger partial charge in [-0.2, -0.15) is 0 Å². The van der Waals surface area contributed by atoms with Crippen LogP contribution in [0.15, 0.2) is 26.0 Å². The Morgan fingerprint density at radius 1 is 1.18 bits per heavy atom. The number of rotatable bonds is 3. The molecule has 0 unspecified atom stereocenters. The molecule has 0 spiro atoms. The molecular formula is C9H11Br2ClO3SSi. The Morgan fingerprint density at radius 3 is 1.88 bits per heavy atom. The highest BCUT2D eigenvalue weighted by molar-refractivity contribution is 9.11. The molecule has 0 saturated heterocycles. The van der Waals surface area contributed by atoms with E-state index in [4.69, 9.17) is 15.1 Å². The summed E-state index contributed by atoms with van der Waals surface area (Å²) in [5.74, 6) is 0.605. The predicted octanol–water partition coefficient (Wildman–Crippen LogP) is 4.35. The molecule has 0 atom stereocenters. The zero-order valence-electron chi connectivity index (χ0n) is 9.42. The van der Waals surface area contributed by atoms with Gasteiger partial charge in [0.1, 0.15) is 5.75 Å². The van der Waals surface area contributed by atoms with Crippen molar-refractivity contribution in [1.29, 1.82) is 0 Å². The monoisotopic (exact) mass is 420 g/mol. The first-order valence-corrected chi connectivity index (χ1v) is 11.9. The number of hydrogen-bond acceptors (Lipinski definition) is 3. The number of halogens is 3. The maximum absolute atomic E-state index is 11.2. The van der Waals surface area contributed by atoms with Gasteiger partial charge in [-0.15, -0.1) is 0 Å². The summed E-state index contributed by atoms with van der Waals surface area (Å²) in [6.45, 7) is 6.12. The Labute approximate surface area is 123 Å². The van der Waals surface area contributed by atoms with Crippen LogP contribution in [-0.2, 0) is 9.05 Å². The van der Waals surface area contributed by atoms with Crippen LogP contribution in [0.4, 0.5) is 0 Å². The Bertz CT molecular complexity index is 517. The molecule has 1 aromatic carbocycles. The van der Waals surface area contributed by atoms with Gasteiger partial charge in [-0.3, -0.25) is 0 Å². The van der Waals surface area contributed by atoms with Gasteiger partial charge in [0.2, 0.25) is 8.32 Å². The molecule has 0 amide bonds. The second kappa shape index (κ2) is 5.20. The van der Waals surface area contributed by atoms with Crippen molar-refractivity contribution in [3.63, 3.8) is 0 Å². The lowest BCUT2D eigenvalue weighted by Gasteiger charge is -2.21. The van der Waals surface area contributed by atoms with Crippen LogP contribution in [0.5, 0.6) is 5.75 Å². The van der Waals surface area contributed by atoms with Gasteiger partial charge in [-0.25, -0.2) is 8.42 Å². The Morgan fingerprint density at radius 2 is 1.59 bits per heavy atom. The van der Waals surface area contributed by atoms with Crippen molar-refractivity contribution >= 4 is 59.9 Å². The molecule has 1 rings (SSSR count). The smallest absolute Gasteiger partial charge is 0.261 e. The molecule has 0 bridgehead atoms. The Kier molecular flexibility index (Phi) is 4.74. The average molecular weight is 423 g/mol. The summed E-state index contributed by atoms with van der Waals surface area (Å²) < 4.78 is 29.4. The lowest BCUT2D eigenvalue weighted by molar-refractivity contribution is 0.549. The van der Waals surface area contributed by atoms with Crippen molar-refractivity contribution < 1.29 is 12.8 Å². The summed E-state index contributed by atoms with van der Waals surface area (Å²) >= 11 is 6.57. The van der Waals surface area contributed by atoms with E-state index < -0.39 is 17.4 Å². The van der Waals surface area contributed by atoms with Gasteiger partial charge in [-0.05, 0) is 63.6 Å². The molecule has 0 heterocycles. The highest BCUT2D eigenvalue weighted by atomic mass is 79.9. The minimum absolute atomic E-state index is 0.0286. The summed E-state index contributed by atoms with van der Waals surface area (Å²) in [6.07, 6.45) is 0. The van der Waals surface area contributed by atoms with Crippen LogP contribution in [0.3, 0.4) is 0 Å². The molecule has 0 aliphatic carbocycles. The SMILES string of the molecule is C[Si](C)(C)Oc1c(Br)cc(S(=O)(=O)Cl)cc1Br. The minimum atomic E-state index is -3.74. The molecule has 0 saturated carbocycles. The first-order chi connectivity index (χ1) is 7.50. The minimum Gasteiger partial charge on any atom is -0.543 e. The van der Waals surface area contributed by atoms with Crippen LogP contribution < -0.4 is 4.43 Å². The van der Waals surface area contributed by atoms with E-state index in [1.807, 2.05) is 19.6 Å². The highest BCUT2D eigenvalue weighted by Crippen LogP contribution is 2.38. The number of hydrogen-bond donors (Lipinski definition) is 0. The fourth-order valence-electron chi connectivity index (χ4n) is 1.08. The van der Waals surface area contributed by atoms with Gasteiger partial charge in [0.15, 0.2) is 0 Å². The van der Waals surface area contributed by atoms with E-state index in [2.05, 4.69) is 31.9 Å². The lowest BCUT2D eigenvalue weighted by Crippen LogP contribution is -2.29. The molecule has 0 aromatic heterocycles. The van der Waals surface area contributed by atoms with Crippen LogP contribution in [0.2, 0.25) is 19.6 Å². The van der Waals surface area contributed by atoms with Gasteiger partial charge in [0.25, 0.3) is 9.05 Å². The van der Waals surface area contributed by atoms with Crippen molar-refractivity contribution in [2.75, 3.05) is 0 Å². The normalized spacial score (nSPS) is 12.6. The first kappa shape index (κ1) is 15.5. The molecule has 96 valence electrons. The van der Waals surface area contributed by atoms with Crippen LogP contribution in [0.25, 0.3) is 0 Å². The van der Waals surface area contributed by atoms with Crippen LogP contribution in [0, 0.1) is 0 Å². The fraction of sp³-hybridized carbons (Fsp3) is 0.333. The van der Waals surface area contributed by atoms with E-state index in [1.54, 1.807) is 0 Å². The second-order valence-corrected chi connectivity index (χ2v) is 13.1. The van der Waals surface area contributed by atoms with E-state index in [-0.39, 0.29) is 4.90 Å². The second-order valence-electron chi connectivity index (χ2n) is 4.37. The summed E-state index contributed by atoms with van der Waals surface area (Å²) in [6, 6.07) is 2.87. The topological polar surface area (TPSA) is 43.4 Å². The summed E-state index contributed by atoms with van der Waals surface area (Å²) in [5, 5.41) is 0. The third kappa shape index (κ3) is 4.55. The van der Waals surface area contributed by atoms with Gasteiger partial charge >= 0.3 is 0 Å². The third-order valence-corrected chi connectivity index (χ3v) is 4.99. The molecule has 0 radical (unpaired) electrons. The van der Waals surface area contributed by atoms with E-state index in [1.165, 1.54) is 12.1 Å². The fourth-order valence-corrected chi connectivity index (χ4v) is 4.65. The maximum atomic E-state index is 11.2. The molecule has 0 aliphatic rings. The zero-order chi connectivity index (χ0) is 13.4. The zero-order valence-corrected chi connectivity index (χ0v) is 15.2. The molecule has 8 heteroatoms. The highest BCUT2D eigenvalue weighted by Gasteiger charge is 2.22. The van der Waals surface area contributed by atoms with Crippen molar-refractivity contribution in [1.82, 2.24) is 0 Å². The standard InChI is InChI=1S/C9H11Br2ClO3SSi/c1-17(2,3)15-9-7(10)4-6(5-8(9)11)16(12,13)14/h4-5H,1-3H3. The quantitative estimate of drug-likeness (QED) is 0.537. The molecular weight excluding hydrogens is 412 g/mol. The molecule has 1 aromatic rings. The van der Waals surface area contributed by atoms with Crippen molar-refractivity contribution in [2.45, 2.75) is 24.5 Å². The molecule has 3 nitrogen and oxygen atoms in total. The van der Waals surface area contributed by atoms with Crippen molar-refractivity contribution in [3.8, 4) is 5.75 Å². The van der Waals surface area contributed by atoms with E-state index in [0.29, 0.717) is 14.7 Å². The van der Waals surface area contributed by atoms with Gasteiger partial charge in [0, 0.05) is 10.7 Å². The van der Waals surface area contributed by atoms with Gasteiger partial charge < -0.3 is 4.43 Å². The lowest BCUT2D eigenvalue weighted by atomic mass is 10.3. The largest absolute Gasteiger partial charge is 0.543 e. The summed E-state index contributed by atoms with van der Waals surface area (Å²) in [7, 11) is -0.220. The molecule has 0 N–H and O–H groups in total. The van der Waals surface area contributed by atoms with Crippen LogP contribution in [0.1, 0.15) is 0 Å². The molecule has 17 heavy (non-hydrogen) atoms. The first-order valence-electron chi connectivity index (χ1n) is 4.63. The predicted molar refractivity (Wildman–Crippen MR) is 78.9 cm³/mol. The maximum Gasteiger partial charge on any atom is 0.261 e. The van der Waals surface area contributed by atoms with Gasteiger partial charge in [0.05, 0.1) is 13.8 Å². The van der Waals surface area contributed by atoms with E-state index in [9.17, 15) is 8.42 Å². The Hall–Kier alpha value is 0.437. The van der Waals surface area contributed by atoms with E-state index in [0.717, 1.165) is 0 Å². The third-order valence-electron chi connectivity index (χ3n) is 1.66. The van der Waals surface area contributed by atoms with Gasteiger partial charge in [-0.1, -0.05) is 0 Å². The van der Waals surface area contributed by atoms with Crippen molar-refractivity contribution in [2.24, 2.45) is 0 Å². The number of benzene rings is 1. The van der Waals surface area contributed by atoms with Crippen LogP contribution >= 0.6 is 42.5 Å².